The minimum Gasteiger partial charge on any atom is -0.447 e. The number of ether oxygens (including phenoxy) is 4. The molecule has 0 radical (unpaired) electrons. The van der Waals surface area contributed by atoms with E-state index in [9.17, 15) is 14.4 Å². The molecule has 4 N–H and O–H groups in total. The molecule has 0 spiro atoms. The van der Waals surface area contributed by atoms with E-state index in [0.29, 0.717) is 58.6 Å². The second-order valence-corrected chi connectivity index (χ2v) is 6.45. The lowest BCUT2D eigenvalue weighted by atomic mass is 10.0. The van der Waals surface area contributed by atoms with Crippen molar-refractivity contribution >= 4 is 18.0 Å². The fourth-order valence-electron chi connectivity index (χ4n) is 2.40. The number of unbranched alkanes of at least 4 members (excludes halogenated alkanes) is 1. The van der Waals surface area contributed by atoms with Gasteiger partial charge in [0.05, 0.1) is 33.0 Å². The van der Waals surface area contributed by atoms with Crippen LogP contribution in [0.1, 0.15) is 39.0 Å². The summed E-state index contributed by atoms with van der Waals surface area (Å²) in [6.07, 6.45) is 0.0991. The van der Waals surface area contributed by atoms with Gasteiger partial charge in [0.15, 0.2) is 5.78 Å². The molecule has 0 aromatic rings. The van der Waals surface area contributed by atoms with E-state index < -0.39 is 24.5 Å². The van der Waals surface area contributed by atoms with Crippen LogP contribution in [-0.2, 0) is 33.5 Å². The molecule has 2 amide bonds. The molecule has 0 aromatic heterocycles. The molecule has 0 aliphatic rings. The Bertz CT molecular complexity index is 509. The normalized spacial score (nSPS) is 12.0. The molecule has 0 heterocycles. The van der Waals surface area contributed by atoms with Gasteiger partial charge in [-0.3, -0.25) is 4.79 Å². The minimum absolute atomic E-state index is 0.136. The second kappa shape index (κ2) is 24.4. The van der Waals surface area contributed by atoms with Crippen molar-refractivity contribution in [2.24, 2.45) is 5.73 Å². The number of hydrogen-bond acceptors (Lipinski definition) is 10. The van der Waals surface area contributed by atoms with Gasteiger partial charge in [-0.05, 0) is 32.2 Å². The van der Waals surface area contributed by atoms with E-state index in [2.05, 4.69) is 33.6 Å². The van der Waals surface area contributed by atoms with Crippen LogP contribution in [0.4, 0.5) is 9.59 Å². The van der Waals surface area contributed by atoms with E-state index in [4.69, 9.17) is 24.7 Å². The number of hydrogen-bond donors (Lipinski definition) is 3. The van der Waals surface area contributed by atoms with E-state index >= 15 is 0 Å². The molecule has 0 saturated carbocycles. The number of ketones is 1. The standard InChI is InChI=1S/C19H37N3O9.C2H4/c1-15(31-27-3)30-19(25)22-16(17(23)8-6-9-20)7-4-5-10-21-18(24)29-14-13-28-12-11-26-2;1-2/h15-16H,4-14,20H2,1-3H3,(H,21,24)(H,22,25);1-2H2. The molecule has 0 aliphatic carbocycles. The van der Waals surface area contributed by atoms with Crippen LogP contribution in [0.15, 0.2) is 13.2 Å². The highest BCUT2D eigenvalue weighted by Crippen LogP contribution is 2.07. The van der Waals surface area contributed by atoms with Crippen LogP contribution in [0.3, 0.4) is 0 Å². The van der Waals surface area contributed by atoms with Gasteiger partial charge in [-0.2, -0.15) is 4.89 Å². The highest BCUT2D eigenvalue weighted by Gasteiger charge is 2.22. The summed E-state index contributed by atoms with van der Waals surface area (Å²) < 4.78 is 19.9. The first-order valence-corrected chi connectivity index (χ1v) is 10.8. The fraction of sp³-hybridized carbons (Fsp3) is 0.762. The van der Waals surface area contributed by atoms with E-state index in [1.54, 1.807) is 7.11 Å². The van der Waals surface area contributed by atoms with Crippen LogP contribution < -0.4 is 16.4 Å². The summed E-state index contributed by atoms with van der Waals surface area (Å²) in [7, 11) is 2.86. The number of alkyl carbamates (subject to hydrolysis) is 2. The van der Waals surface area contributed by atoms with Gasteiger partial charge >= 0.3 is 12.2 Å². The van der Waals surface area contributed by atoms with Crippen molar-refractivity contribution in [3.05, 3.63) is 13.2 Å². The van der Waals surface area contributed by atoms with Gasteiger partial charge in [0.1, 0.15) is 6.61 Å². The smallest absolute Gasteiger partial charge is 0.410 e. The van der Waals surface area contributed by atoms with Crippen LogP contribution in [0.2, 0.25) is 0 Å². The molecule has 194 valence electrons. The predicted molar refractivity (Wildman–Crippen MR) is 121 cm³/mol. The van der Waals surface area contributed by atoms with Crippen molar-refractivity contribution in [1.82, 2.24) is 10.6 Å². The maximum Gasteiger partial charge on any atom is 0.410 e. The Morgan fingerprint density at radius 3 is 2.30 bits per heavy atom. The van der Waals surface area contributed by atoms with E-state index in [1.807, 2.05) is 0 Å². The predicted octanol–water partition coefficient (Wildman–Crippen LogP) is 1.67. The lowest BCUT2D eigenvalue weighted by molar-refractivity contribution is -0.346. The molecule has 0 saturated heterocycles. The van der Waals surface area contributed by atoms with Crippen LogP contribution in [0, 0.1) is 0 Å². The van der Waals surface area contributed by atoms with Crippen molar-refractivity contribution in [3.8, 4) is 0 Å². The summed E-state index contributed by atoms with van der Waals surface area (Å²) in [6, 6.07) is -0.718. The van der Waals surface area contributed by atoms with E-state index in [-0.39, 0.29) is 18.8 Å². The first-order valence-electron chi connectivity index (χ1n) is 10.8. The summed E-state index contributed by atoms with van der Waals surface area (Å²) in [5, 5.41) is 5.16. The molecule has 12 heteroatoms. The maximum atomic E-state index is 12.3. The molecule has 2 atom stereocenters. The largest absolute Gasteiger partial charge is 0.447 e. The van der Waals surface area contributed by atoms with Crippen molar-refractivity contribution in [2.75, 3.05) is 53.7 Å². The Hall–Kier alpha value is -2.25. The molecular weight excluding hydrogens is 438 g/mol. The molecule has 33 heavy (non-hydrogen) atoms. The zero-order valence-electron chi connectivity index (χ0n) is 20.1. The molecule has 0 bridgehead atoms. The fourth-order valence-corrected chi connectivity index (χ4v) is 2.40. The Morgan fingerprint density at radius 2 is 1.67 bits per heavy atom. The van der Waals surface area contributed by atoms with Crippen LogP contribution in [0.5, 0.6) is 0 Å². The van der Waals surface area contributed by atoms with E-state index in [1.165, 1.54) is 14.0 Å². The number of carbonyl (C=O) groups excluding carboxylic acids is 3. The van der Waals surface area contributed by atoms with Gasteiger partial charge in [-0.1, -0.05) is 0 Å². The lowest BCUT2D eigenvalue weighted by Gasteiger charge is -2.19. The summed E-state index contributed by atoms with van der Waals surface area (Å²) in [4.78, 5) is 44.9. The average Bonchev–Trinajstić information content (AvgIpc) is 2.80. The number of Topliss-reactive ketones (excluding diaryl/α,β-unsaturated/α-hetero) is 1. The van der Waals surface area contributed by atoms with Gasteiger partial charge in [0.2, 0.25) is 6.29 Å². The Labute approximate surface area is 196 Å². The highest BCUT2D eigenvalue weighted by molar-refractivity contribution is 5.87. The lowest BCUT2D eigenvalue weighted by Crippen LogP contribution is -2.42. The van der Waals surface area contributed by atoms with Crippen molar-refractivity contribution in [1.29, 1.82) is 0 Å². The van der Waals surface area contributed by atoms with Gasteiger partial charge in [0, 0.05) is 27.0 Å². The van der Waals surface area contributed by atoms with E-state index in [0.717, 1.165) is 0 Å². The minimum atomic E-state index is -0.926. The van der Waals surface area contributed by atoms with Gasteiger partial charge < -0.3 is 35.3 Å². The third-order valence-electron chi connectivity index (χ3n) is 3.89. The summed E-state index contributed by atoms with van der Waals surface area (Å²) in [5.74, 6) is -0.136. The molecule has 2 unspecified atom stereocenters. The van der Waals surface area contributed by atoms with Gasteiger partial charge in [-0.15, -0.1) is 13.2 Å². The third kappa shape index (κ3) is 21.4. The summed E-state index contributed by atoms with van der Waals surface area (Å²) in [6.45, 7) is 9.58. The number of nitrogens with two attached hydrogens (primary N) is 1. The third-order valence-corrected chi connectivity index (χ3v) is 3.89. The highest BCUT2D eigenvalue weighted by atomic mass is 17.2. The zero-order chi connectivity index (χ0) is 25.3. The number of nitrogens with one attached hydrogen (secondary N) is 2. The van der Waals surface area contributed by atoms with Crippen LogP contribution in [0.25, 0.3) is 0 Å². The number of amides is 2. The first-order chi connectivity index (χ1) is 15.9. The molecular formula is C21H41N3O9. The first kappa shape index (κ1) is 32.9. The Kier molecular flexibility index (Phi) is 24.3. The zero-order valence-corrected chi connectivity index (χ0v) is 20.1. The Morgan fingerprint density at radius 1 is 0.970 bits per heavy atom. The molecule has 0 aliphatic heterocycles. The SMILES string of the molecule is C=C.COCCOCCOC(=O)NCCCCC(NC(=O)OC(C)OOC)C(=O)CCCN. The van der Waals surface area contributed by atoms with Crippen molar-refractivity contribution in [3.63, 3.8) is 0 Å². The molecule has 0 aromatic carbocycles. The quantitative estimate of drug-likeness (QED) is 0.0818. The topological polar surface area (TPSA) is 157 Å². The average molecular weight is 480 g/mol. The maximum absolute atomic E-state index is 12.3. The summed E-state index contributed by atoms with van der Waals surface area (Å²) in [5.41, 5.74) is 5.45. The summed E-state index contributed by atoms with van der Waals surface area (Å²) >= 11 is 0. The molecule has 12 nitrogen and oxygen atoms in total. The van der Waals surface area contributed by atoms with Gasteiger partial charge in [0.25, 0.3) is 0 Å². The van der Waals surface area contributed by atoms with Crippen molar-refractivity contribution < 1.29 is 43.1 Å². The van der Waals surface area contributed by atoms with Crippen LogP contribution in [-0.4, -0.2) is 84.0 Å². The Balaban J connectivity index is 0. The number of rotatable bonds is 19. The molecule has 0 fully saturated rings. The van der Waals surface area contributed by atoms with Crippen molar-refractivity contribution in [2.45, 2.75) is 51.4 Å². The molecule has 0 rings (SSSR count). The monoisotopic (exact) mass is 479 g/mol. The second-order valence-electron chi connectivity index (χ2n) is 6.45. The van der Waals surface area contributed by atoms with Gasteiger partial charge in [-0.25, -0.2) is 14.5 Å². The number of carbonyl (C=O) groups is 3. The number of methoxy groups -OCH3 is 1. The van der Waals surface area contributed by atoms with Crippen LogP contribution >= 0.6 is 0 Å².